The Hall–Kier alpha value is -2.46. The molecule has 3 atom stereocenters. The fourth-order valence-electron chi connectivity index (χ4n) is 4.54. The van der Waals surface area contributed by atoms with E-state index >= 15 is 0 Å². The van der Waals surface area contributed by atoms with Crippen molar-refractivity contribution in [3.8, 4) is 0 Å². The molecule has 0 aromatic heterocycles. The first-order chi connectivity index (χ1) is 12.7. The van der Waals surface area contributed by atoms with Crippen LogP contribution in [0.2, 0.25) is 0 Å². The van der Waals surface area contributed by atoms with Crippen molar-refractivity contribution in [3.63, 3.8) is 0 Å². The van der Waals surface area contributed by atoms with Gasteiger partial charge < -0.3 is 5.11 Å². The number of carbonyl (C=O) groups is 1. The summed E-state index contributed by atoms with van der Waals surface area (Å²) in [4.78, 5) is 12.9. The molecule has 26 heavy (non-hydrogen) atoms. The maximum Gasteiger partial charge on any atom is 0.281 e. The number of aliphatic hydroxyl groups is 1. The average molecular weight is 348 g/mol. The lowest BCUT2D eigenvalue weighted by molar-refractivity contribution is -0.136. The van der Waals surface area contributed by atoms with E-state index in [0.29, 0.717) is 23.0 Å². The monoisotopic (exact) mass is 348 g/mol. The predicted molar refractivity (Wildman–Crippen MR) is 101 cm³/mol. The molecule has 0 radical (unpaired) electrons. The van der Waals surface area contributed by atoms with Crippen molar-refractivity contribution >= 4 is 12.1 Å². The lowest BCUT2D eigenvalue weighted by Crippen LogP contribution is -2.43. The number of nitrogens with one attached hydrogen (secondary N) is 1. The van der Waals surface area contributed by atoms with Gasteiger partial charge in [-0.2, -0.15) is 5.10 Å². The molecule has 4 rings (SSSR count). The summed E-state index contributed by atoms with van der Waals surface area (Å²) in [6, 6.07) is 18.0. The van der Waals surface area contributed by atoms with Crippen molar-refractivity contribution in [2.24, 2.45) is 22.9 Å². The van der Waals surface area contributed by atoms with Crippen molar-refractivity contribution in [3.05, 3.63) is 71.8 Å². The van der Waals surface area contributed by atoms with Crippen LogP contribution in [0.15, 0.2) is 65.8 Å². The van der Waals surface area contributed by atoms with E-state index in [-0.39, 0.29) is 0 Å². The van der Waals surface area contributed by atoms with Crippen LogP contribution in [0.1, 0.15) is 36.8 Å². The first-order valence-electron chi connectivity index (χ1n) is 9.35. The first kappa shape index (κ1) is 17.0. The van der Waals surface area contributed by atoms with Crippen LogP contribution in [0.3, 0.4) is 0 Å². The number of hydrogen-bond acceptors (Lipinski definition) is 3. The molecule has 4 heteroatoms. The number of fused-ring (bicyclic) bond motifs is 2. The van der Waals surface area contributed by atoms with E-state index in [4.69, 9.17) is 0 Å². The van der Waals surface area contributed by atoms with Crippen LogP contribution >= 0.6 is 0 Å². The molecule has 4 nitrogen and oxygen atoms in total. The highest BCUT2D eigenvalue weighted by molar-refractivity contribution is 5.90. The van der Waals surface area contributed by atoms with E-state index in [1.54, 1.807) is 24.3 Å². The molecule has 2 N–H and O–H groups in total. The number of benzene rings is 2. The minimum absolute atomic E-state index is 0.454. The maximum atomic E-state index is 12.9. The fraction of sp³-hybridized carbons (Fsp3) is 0.364. The zero-order chi connectivity index (χ0) is 18.0. The summed E-state index contributed by atoms with van der Waals surface area (Å²) >= 11 is 0. The van der Waals surface area contributed by atoms with E-state index in [0.717, 1.165) is 5.92 Å². The van der Waals surface area contributed by atoms with Crippen LogP contribution in [0, 0.1) is 17.8 Å². The summed E-state index contributed by atoms with van der Waals surface area (Å²) in [5.41, 5.74) is 1.87. The summed E-state index contributed by atoms with van der Waals surface area (Å²) in [7, 11) is 0. The number of hydrogen-bond donors (Lipinski definition) is 2. The molecule has 2 aromatic rings. The van der Waals surface area contributed by atoms with Gasteiger partial charge in [-0.15, -0.1) is 0 Å². The van der Waals surface area contributed by atoms with Crippen molar-refractivity contribution in [1.29, 1.82) is 0 Å². The second-order valence-electron chi connectivity index (χ2n) is 7.50. The van der Waals surface area contributed by atoms with Gasteiger partial charge in [-0.05, 0) is 48.1 Å². The van der Waals surface area contributed by atoms with E-state index in [9.17, 15) is 9.90 Å². The second-order valence-corrected chi connectivity index (χ2v) is 7.50. The Kier molecular flexibility index (Phi) is 4.60. The lowest BCUT2D eigenvalue weighted by atomic mass is 9.85. The Labute approximate surface area is 153 Å². The average Bonchev–Trinajstić information content (AvgIpc) is 3.32. The van der Waals surface area contributed by atoms with E-state index in [1.165, 1.54) is 25.7 Å². The first-order valence-corrected chi connectivity index (χ1v) is 9.35. The summed E-state index contributed by atoms with van der Waals surface area (Å²) in [6.07, 6.45) is 6.95. The van der Waals surface area contributed by atoms with Gasteiger partial charge in [-0.1, -0.05) is 67.1 Å². The molecule has 2 aromatic carbocycles. The van der Waals surface area contributed by atoms with Gasteiger partial charge in [0.05, 0.1) is 0 Å². The topological polar surface area (TPSA) is 61.7 Å². The third-order valence-corrected chi connectivity index (χ3v) is 5.94. The Morgan fingerprint density at radius 3 is 2.12 bits per heavy atom. The molecule has 2 bridgehead atoms. The summed E-state index contributed by atoms with van der Waals surface area (Å²) in [6.45, 7) is 0. The van der Waals surface area contributed by atoms with Gasteiger partial charge in [0.1, 0.15) is 0 Å². The minimum atomic E-state index is -1.77. The van der Waals surface area contributed by atoms with E-state index in [2.05, 4.69) is 10.5 Å². The van der Waals surface area contributed by atoms with Crippen molar-refractivity contribution in [2.75, 3.05) is 0 Å². The molecule has 0 unspecified atom stereocenters. The molecule has 2 saturated carbocycles. The highest BCUT2D eigenvalue weighted by Gasteiger charge is 2.41. The van der Waals surface area contributed by atoms with Crippen LogP contribution in [-0.4, -0.2) is 17.2 Å². The quantitative estimate of drug-likeness (QED) is 0.642. The van der Waals surface area contributed by atoms with Gasteiger partial charge in [0, 0.05) is 6.21 Å². The van der Waals surface area contributed by atoms with Crippen LogP contribution in [-0.2, 0) is 10.4 Å². The largest absolute Gasteiger partial charge is 0.372 e. The molecule has 0 spiro atoms. The molecule has 2 aliphatic carbocycles. The predicted octanol–water partition coefficient (Wildman–Crippen LogP) is 3.46. The molecule has 2 aliphatic rings. The molecule has 0 saturated heterocycles. The van der Waals surface area contributed by atoms with Crippen molar-refractivity contribution in [2.45, 2.75) is 31.3 Å². The zero-order valence-electron chi connectivity index (χ0n) is 14.7. The second kappa shape index (κ2) is 7.04. The summed E-state index contributed by atoms with van der Waals surface area (Å²) < 4.78 is 0. The smallest absolute Gasteiger partial charge is 0.281 e. The highest BCUT2D eigenvalue weighted by atomic mass is 16.3. The van der Waals surface area contributed by atoms with Gasteiger partial charge in [0.25, 0.3) is 5.91 Å². The third-order valence-electron chi connectivity index (χ3n) is 5.94. The van der Waals surface area contributed by atoms with Crippen LogP contribution in [0.25, 0.3) is 0 Å². The standard InChI is InChI=1S/C22H24N2O2/c25-21(24-23-15-18-14-16-11-12-17(18)13-16)22(26,19-7-3-1-4-8-19)20-9-5-2-6-10-20/h1-10,15-18,26H,11-14H2,(H,24,25)/b23-15-/t16-,17-,18+/m1/s1. The van der Waals surface area contributed by atoms with Crippen molar-refractivity contribution < 1.29 is 9.90 Å². The minimum Gasteiger partial charge on any atom is -0.372 e. The van der Waals surface area contributed by atoms with Gasteiger partial charge >= 0.3 is 0 Å². The number of carbonyl (C=O) groups excluding carboxylic acids is 1. The normalized spacial score (nSPS) is 24.9. The Morgan fingerprint density at radius 1 is 1.00 bits per heavy atom. The van der Waals surface area contributed by atoms with Crippen LogP contribution in [0.4, 0.5) is 0 Å². The highest BCUT2D eigenvalue weighted by Crippen LogP contribution is 2.47. The summed E-state index contributed by atoms with van der Waals surface area (Å²) in [5.74, 6) is 1.46. The van der Waals surface area contributed by atoms with Gasteiger partial charge in [0.15, 0.2) is 5.60 Å². The fourth-order valence-corrected chi connectivity index (χ4v) is 4.54. The van der Waals surface area contributed by atoms with Gasteiger partial charge in [0.2, 0.25) is 0 Å². The molecule has 134 valence electrons. The van der Waals surface area contributed by atoms with E-state index < -0.39 is 11.5 Å². The Bertz CT molecular complexity index is 749. The van der Waals surface area contributed by atoms with Gasteiger partial charge in [-0.3, -0.25) is 4.79 Å². The SMILES string of the molecule is O=C(N/N=C\[C@@H]1C[C@@H]2CC[C@@H]1C2)C(O)(c1ccccc1)c1ccccc1. The van der Waals surface area contributed by atoms with Crippen molar-refractivity contribution in [1.82, 2.24) is 5.43 Å². The third kappa shape index (κ3) is 3.06. The van der Waals surface area contributed by atoms with Crippen LogP contribution in [0.5, 0.6) is 0 Å². The van der Waals surface area contributed by atoms with Crippen LogP contribution < -0.4 is 5.43 Å². The molecule has 1 amide bonds. The number of rotatable bonds is 5. The Balaban J connectivity index is 1.55. The number of hydrazone groups is 1. The number of nitrogens with zero attached hydrogens (tertiary/aromatic N) is 1. The molecular weight excluding hydrogens is 324 g/mol. The number of amides is 1. The lowest BCUT2D eigenvalue weighted by Gasteiger charge is -2.27. The van der Waals surface area contributed by atoms with E-state index in [1.807, 2.05) is 42.6 Å². The van der Waals surface area contributed by atoms with Gasteiger partial charge in [-0.25, -0.2) is 5.43 Å². The molecule has 0 aliphatic heterocycles. The Morgan fingerprint density at radius 2 is 1.62 bits per heavy atom. The maximum absolute atomic E-state index is 12.9. The molecule has 2 fully saturated rings. The zero-order valence-corrected chi connectivity index (χ0v) is 14.7. The summed E-state index contributed by atoms with van der Waals surface area (Å²) in [5, 5.41) is 15.5. The molecule has 0 heterocycles. The molecular formula is C22H24N2O2.